The number of likely N-dealkylation sites (N-methyl/N-ethyl adjacent to an activating group) is 1. The molecule has 0 radical (unpaired) electrons. The topological polar surface area (TPSA) is 29.9 Å². The molecule has 1 aromatic heterocycles. The molecule has 1 rings (SSSR count). The maximum atomic E-state index is 4.39. The van der Waals surface area contributed by atoms with Crippen molar-refractivity contribution in [1.29, 1.82) is 0 Å². The maximum absolute atomic E-state index is 4.39. The third-order valence-electron chi connectivity index (χ3n) is 2.48. The van der Waals surface area contributed by atoms with Gasteiger partial charge >= 0.3 is 0 Å². The van der Waals surface area contributed by atoms with Gasteiger partial charge in [0.15, 0.2) is 0 Å². The van der Waals surface area contributed by atoms with E-state index in [1.165, 1.54) is 5.69 Å². The summed E-state index contributed by atoms with van der Waals surface area (Å²) in [5.41, 5.74) is 2.33. The van der Waals surface area contributed by atoms with Crippen molar-refractivity contribution in [1.82, 2.24) is 15.1 Å². The fourth-order valence-electron chi connectivity index (χ4n) is 1.58. The van der Waals surface area contributed by atoms with Gasteiger partial charge in [0.05, 0.1) is 15.9 Å². The van der Waals surface area contributed by atoms with Crippen LogP contribution in [0.25, 0.3) is 0 Å². The third kappa shape index (κ3) is 3.23. The van der Waals surface area contributed by atoms with Gasteiger partial charge in [-0.3, -0.25) is 4.68 Å². The summed E-state index contributed by atoms with van der Waals surface area (Å²) in [5, 5.41) is 7.73. The van der Waals surface area contributed by atoms with Gasteiger partial charge < -0.3 is 5.32 Å². The summed E-state index contributed by atoms with van der Waals surface area (Å²) in [4.78, 5) is 0. The number of nitrogens with zero attached hydrogens (tertiary/aromatic N) is 2. The van der Waals surface area contributed by atoms with Gasteiger partial charge in [-0.15, -0.1) is 0 Å². The molecule has 0 saturated heterocycles. The molecule has 3 nitrogen and oxygen atoms in total. The quantitative estimate of drug-likeness (QED) is 0.900. The molecule has 0 amide bonds. The zero-order chi connectivity index (χ0) is 11.4. The first kappa shape index (κ1) is 13.1. The van der Waals surface area contributed by atoms with Gasteiger partial charge in [-0.1, -0.05) is 0 Å². The van der Waals surface area contributed by atoms with Crippen molar-refractivity contribution in [2.75, 3.05) is 19.1 Å². The Morgan fingerprint density at radius 3 is 2.67 bits per heavy atom. The van der Waals surface area contributed by atoms with Crippen molar-refractivity contribution in [2.45, 2.75) is 19.4 Å². The van der Waals surface area contributed by atoms with Crippen LogP contribution in [0.4, 0.5) is 0 Å². The van der Waals surface area contributed by atoms with Crippen LogP contribution in [0.15, 0.2) is 4.47 Å². The molecule has 0 aliphatic rings. The van der Waals surface area contributed by atoms with Gasteiger partial charge in [0.25, 0.3) is 0 Å². The number of hydrogen-bond acceptors (Lipinski definition) is 3. The molecule has 1 aromatic rings. The largest absolute Gasteiger partial charge is 0.316 e. The molecule has 15 heavy (non-hydrogen) atoms. The fourth-order valence-corrected chi connectivity index (χ4v) is 2.77. The SMILES string of the molecule is CNC(CSC)Cc1c(Br)c(C)nn1C. The van der Waals surface area contributed by atoms with E-state index in [1.54, 1.807) is 0 Å². The second kappa shape index (κ2) is 5.92. The molecule has 5 heteroatoms. The van der Waals surface area contributed by atoms with E-state index in [1.807, 2.05) is 37.5 Å². The van der Waals surface area contributed by atoms with Crippen molar-refractivity contribution in [3.63, 3.8) is 0 Å². The highest BCUT2D eigenvalue weighted by atomic mass is 79.9. The monoisotopic (exact) mass is 291 g/mol. The highest BCUT2D eigenvalue weighted by molar-refractivity contribution is 9.10. The van der Waals surface area contributed by atoms with Gasteiger partial charge in [-0.25, -0.2) is 0 Å². The second-order valence-electron chi connectivity index (χ2n) is 3.61. The van der Waals surface area contributed by atoms with Crippen LogP contribution in [-0.2, 0) is 13.5 Å². The van der Waals surface area contributed by atoms with Gasteiger partial charge in [-0.05, 0) is 36.2 Å². The number of aromatic nitrogens is 2. The first-order valence-electron chi connectivity index (χ1n) is 4.94. The Morgan fingerprint density at radius 2 is 2.27 bits per heavy atom. The summed E-state index contributed by atoms with van der Waals surface area (Å²) in [5.74, 6) is 1.12. The van der Waals surface area contributed by atoms with E-state index in [0.717, 1.165) is 22.3 Å². The minimum Gasteiger partial charge on any atom is -0.316 e. The predicted octanol–water partition coefficient (Wildman–Crippen LogP) is 1.98. The highest BCUT2D eigenvalue weighted by Gasteiger charge is 2.15. The van der Waals surface area contributed by atoms with Crippen molar-refractivity contribution < 1.29 is 0 Å². The fraction of sp³-hybridized carbons (Fsp3) is 0.700. The maximum Gasteiger partial charge on any atom is 0.0738 e. The molecule has 1 unspecified atom stereocenters. The van der Waals surface area contributed by atoms with Crippen molar-refractivity contribution in [3.05, 3.63) is 15.9 Å². The lowest BCUT2D eigenvalue weighted by atomic mass is 10.2. The molecule has 1 heterocycles. The van der Waals surface area contributed by atoms with E-state index in [0.29, 0.717) is 6.04 Å². The Kier molecular flexibility index (Phi) is 5.15. The lowest BCUT2D eigenvalue weighted by molar-refractivity contribution is 0.581. The normalized spacial score (nSPS) is 13.1. The van der Waals surface area contributed by atoms with E-state index < -0.39 is 0 Å². The zero-order valence-corrected chi connectivity index (χ0v) is 12.1. The molecule has 1 N–H and O–H groups in total. The number of hydrogen-bond donors (Lipinski definition) is 1. The van der Waals surface area contributed by atoms with Gasteiger partial charge in [0.2, 0.25) is 0 Å². The van der Waals surface area contributed by atoms with Crippen molar-refractivity contribution in [3.8, 4) is 0 Å². The summed E-state index contributed by atoms with van der Waals surface area (Å²) in [7, 11) is 4.01. The van der Waals surface area contributed by atoms with Crippen LogP contribution in [0.5, 0.6) is 0 Å². The summed E-state index contributed by atoms with van der Waals surface area (Å²) in [6.45, 7) is 2.02. The van der Waals surface area contributed by atoms with Crippen LogP contribution in [0, 0.1) is 6.92 Å². The van der Waals surface area contributed by atoms with Crippen LogP contribution in [0.2, 0.25) is 0 Å². The van der Waals surface area contributed by atoms with Gasteiger partial charge in [0.1, 0.15) is 0 Å². The first-order valence-corrected chi connectivity index (χ1v) is 7.13. The van der Waals surface area contributed by atoms with Crippen LogP contribution in [0.1, 0.15) is 11.4 Å². The standard InChI is InChI=1S/C10H18BrN3S/c1-7-10(11)9(14(3)13-7)5-8(12-2)6-15-4/h8,12H,5-6H2,1-4H3. The van der Waals surface area contributed by atoms with Gasteiger partial charge in [-0.2, -0.15) is 16.9 Å². The third-order valence-corrected chi connectivity index (χ3v) is 4.24. The molecular formula is C10H18BrN3S. The molecule has 0 aliphatic carbocycles. The Bertz CT molecular complexity index is 325. The Labute approximate surface area is 104 Å². The molecule has 0 fully saturated rings. The molecule has 86 valence electrons. The predicted molar refractivity (Wildman–Crippen MR) is 70.6 cm³/mol. The Morgan fingerprint density at radius 1 is 1.60 bits per heavy atom. The minimum absolute atomic E-state index is 0.506. The molecular weight excluding hydrogens is 274 g/mol. The molecule has 0 saturated carbocycles. The van der Waals surface area contributed by atoms with Crippen LogP contribution in [0.3, 0.4) is 0 Å². The van der Waals surface area contributed by atoms with Crippen LogP contribution in [-0.4, -0.2) is 34.9 Å². The summed E-state index contributed by atoms with van der Waals surface area (Å²) >= 11 is 5.46. The van der Waals surface area contributed by atoms with Gasteiger partial charge in [0, 0.05) is 25.3 Å². The minimum atomic E-state index is 0.506. The molecule has 1 atom stereocenters. The zero-order valence-electron chi connectivity index (χ0n) is 9.67. The number of thioether (sulfide) groups is 1. The van der Waals surface area contributed by atoms with E-state index in [4.69, 9.17) is 0 Å². The lowest BCUT2D eigenvalue weighted by Gasteiger charge is -2.15. The van der Waals surface area contributed by atoms with Crippen molar-refractivity contribution in [2.24, 2.45) is 7.05 Å². The number of rotatable bonds is 5. The van der Waals surface area contributed by atoms with Crippen molar-refractivity contribution >= 4 is 27.7 Å². The summed E-state index contributed by atoms with van der Waals surface area (Å²) in [6, 6.07) is 0.506. The summed E-state index contributed by atoms with van der Waals surface area (Å²) < 4.78 is 3.11. The smallest absolute Gasteiger partial charge is 0.0738 e. The lowest BCUT2D eigenvalue weighted by Crippen LogP contribution is -2.30. The number of aryl methyl sites for hydroxylation is 2. The van der Waals surface area contributed by atoms with E-state index >= 15 is 0 Å². The molecule has 0 aliphatic heterocycles. The molecule has 0 bridgehead atoms. The van der Waals surface area contributed by atoms with Crippen LogP contribution >= 0.6 is 27.7 Å². The van der Waals surface area contributed by atoms with E-state index in [2.05, 4.69) is 32.6 Å². The number of halogens is 1. The first-order chi connectivity index (χ1) is 7.10. The Hall–Kier alpha value is 0. The Balaban J connectivity index is 2.78. The van der Waals surface area contributed by atoms with Crippen LogP contribution < -0.4 is 5.32 Å². The second-order valence-corrected chi connectivity index (χ2v) is 5.32. The number of nitrogens with one attached hydrogen (secondary N) is 1. The average molecular weight is 292 g/mol. The molecule has 0 aromatic carbocycles. The summed E-state index contributed by atoms with van der Waals surface area (Å²) in [6.07, 6.45) is 3.14. The van der Waals surface area contributed by atoms with E-state index in [-0.39, 0.29) is 0 Å². The average Bonchev–Trinajstić information content (AvgIpc) is 2.44. The highest BCUT2D eigenvalue weighted by Crippen LogP contribution is 2.21. The molecule has 0 spiro atoms. The van der Waals surface area contributed by atoms with E-state index in [9.17, 15) is 0 Å².